The molecule has 0 fully saturated rings. The molecule has 5 aromatic carbocycles. The molecule has 196 valence electrons. The standard InChI is InChI=1S/C33H21N3.C2H6.CH5N/c1-2-9-26(10-3-1)35-15-14-22-16-24-19-32-29(17-25(24)18-31(22)35)28-12-6-7-13-30(28)36(32)33-21-34-20-23-8-4-5-11-27(23)33;2*1-2/h1-21H;1-2H3;2H2,1H3. The van der Waals surface area contributed by atoms with Gasteiger partial charge in [0.25, 0.3) is 0 Å². The van der Waals surface area contributed by atoms with Crippen LogP contribution in [0.5, 0.6) is 0 Å². The minimum absolute atomic E-state index is 1.11. The highest BCUT2D eigenvalue weighted by atomic mass is 15.0. The zero-order valence-corrected chi connectivity index (χ0v) is 23.0. The molecule has 4 nitrogen and oxygen atoms in total. The predicted molar refractivity (Wildman–Crippen MR) is 172 cm³/mol. The monoisotopic (exact) mass is 520 g/mol. The molecule has 0 radical (unpaired) electrons. The molecular formula is C36H32N4. The third kappa shape index (κ3) is 4.01. The minimum Gasteiger partial charge on any atom is -0.333 e. The van der Waals surface area contributed by atoms with Crippen molar-refractivity contribution in [3.05, 3.63) is 128 Å². The Morgan fingerprint density at radius 2 is 1.20 bits per heavy atom. The van der Waals surface area contributed by atoms with Crippen molar-refractivity contribution in [1.29, 1.82) is 0 Å². The van der Waals surface area contributed by atoms with Gasteiger partial charge in [0.05, 0.1) is 28.4 Å². The lowest BCUT2D eigenvalue weighted by Gasteiger charge is -2.11. The average Bonchev–Trinajstić information content (AvgIpc) is 3.59. The maximum atomic E-state index is 4.59. The summed E-state index contributed by atoms with van der Waals surface area (Å²) in [5.74, 6) is 0. The van der Waals surface area contributed by atoms with E-state index in [1.54, 1.807) is 0 Å². The summed E-state index contributed by atoms with van der Waals surface area (Å²) in [6, 6.07) is 39.2. The summed E-state index contributed by atoms with van der Waals surface area (Å²) in [6.07, 6.45) is 6.09. The number of aromatic nitrogens is 3. The van der Waals surface area contributed by atoms with E-state index in [9.17, 15) is 0 Å². The number of nitrogens with two attached hydrogens (primary N) is 1. The van der Waals surface area contributed by atoms with Gasteiger partial charge in [-0.3, -0.25) is 4.98 Å². The van der Waals surface area contributed by atoms with Gasteiger partial charge in [0, 0.05) is 45.0 Å². The zero-order valence-electron chi connectivity index (χ0n) is 23.0. The fourth-order valence-corrected chi connectivity index (χ4v) is 5.70. The summed E-state index contributed by atoms with van der Waals surface area (Å²) < 4.78 is 4.64. The van der Waals surface area contributed by atoms with Gasteiger partial charge >= 0.3 is 0 Å². The van der Waals surface area contributed by atoms with Gasteiger partial charge in [-0.2, -0.15) is 0 Å². The second kappa shape index (κ2) is 10.7. The maximum absolute atomic E-state index is 4.59. The molecule has 3 aromatic heterocycles. The molecule has 0 unspecified atom stereocenters. The number of benzene rings is 5. The van der Waals surface area contributed by atoms with Gasteiger partial charge in [-0.25, -0.2) is 0 Å². The lowest BCUT2D eigenvalue weighted by molar-refractivity contribution is 1.13. The first-order chi connectivity index (χ1) is 19.8. The first-order valence-corrected chi connectivity index (χ1v) is 13.8. The van der Waals surface area contributed by atoms with Gasteiger partial charge in [-0.15, -0.1) is 0 Å². The Bertz CT molecular complexity index is 2090. The molecule has 0 aliphatic heterocycles. The van der Waals surface area contributed by atoms with Crippen molar-refractivity contribution in [2.24, 2.45) is 5.73 Å². The minimum atomic E-state index is 1.11. The van der Waals surface area contributed by atoms with Crippen molar-refractivity contribution in [3.8, 4) is 11.4 Å². The van der Waals surface area contributed by atoms with Crippen LogP contribution in [0.25, 0.3) is 65.6 Å². The normalized spacial score (nSPS) is 11.0. The molecule has 0 bridgehead atoms. The fourth-order valence-electron chi connectivity index (χ4n) is 5.70. The van der Waals surface area contributed by atoms with Gasteiger partial charge in [-0.1, -0.05) is 74.5 Å². The Balaban J connectivity index is 0.000000694. The van der Waals surface area contributed by atoms with Crippen LogP contribution >= 0.6 is 0 Å². The van der Waals surface area contributed by atoms with Crippen molar-refractivity contribution < 1.29 is 0 Å². The van der Waals surface area contributed by atoms with E-state index in [2.05, 4.69) is 135 Å². The molecule has 0 amide bonds. The van der Waals surface area contributed by atoms with Crippen LogP contribution in [-0.2, 0) is 0 Å². The number of hydrogen-bond donors (Lipinski definition) is 1. The molecule has 40 heavy (non-hydrogen) atoms. The Morgan fingerprint density at radius 1 is 0.525 bits per heavy atom. The molecular weight excluding hydrogens is 488 g/mol. The Hall–Kier alpha value is -4.93. The first kappa shape index (κ1) is 25.4. The van der Waals surface area contributed by atoms with Crippen LogP contribution < -0.4 is 5.73 Å². The van der Waals surface area contributed by atoms with Crippen molar-refractivity contribution >= 4 is 54.3 Å². The highest BCUT2D eigenvalue weighted by molar-refractivity contribution is 6.15. The van der Waals surface area contributed by atoms with Crippen LogP contribution in [-0.4, -0.2) is 21.2 Å². The van der Waals surface area contributed by atoms with Gasteiger partial charge in [0.1, 0.15) is 0 Å². The number of para-hydroxylation sites is 2. The molecule has 4 heteroatoms. The molecule has 3 heterocycles. The quantitative estimate of drug-likeness (QED) is 0.247. The third-order valence-corrected chi connectivity index (χ3v) is 7.36. The highest BCUT2D eigenvalue weighted by Crippen LogP contribution is 2.37. The largest absolute Gasteiger partial charge is 0.333 e. The molecule has 0 atom stereocenters. The Kier molecular flexibility index (Phi) is 6.77. The van der Waals surface area contributed by atoms with Crippen LogP contribution in [0.1, 0.15) is 13.8 Å². The highest BCUT2D eigenvalue weighted by Gasteiger charge is 2.16. The summed E-state index contributed by atoms with van der Waals surface area (Å²) >= 11 is 0. The van der Waals surface area contributed by atoms with Gasteiger partial charge < -0.3 is 14.9 Å². The Morgan fingerprint density at radius 3 is 2.02 bits per heavy atom. The van der Waals surface area contributed by atoms with E-state index < -0.39 is 0 Å². The third-order valence-electron chi connectivity index (χ3n) is 7.36. The van der Waals surface area contributed by atoms with E-state index in [1.165, 1.54) is 61.6 Å². The van der Waals surface area contributed by atoms with Crippen LogP contribution in [0.4, 0.5) is 0 Å². The summed E-state index contributed by atoms with van der Waals surface area (Å²) in [4.78, 5) is 4.59. The van der Waals surface area contributed by atoms with Gasteiger partial charge in [0.15, 0.2) is 0 Å². The van der Waals surface area contributed by atoms with E-state index in [4.69, 9.17) is 0 Å². The maximum Gasteiger partial charge on any atom is 0.0723 e. The van der Waals surface area contributed by atoms with E-state index in [0.29, 0.717) is 0 Å². The van der Waals surface area contributed by atoms with E-state index in [-0.39, 0.29) is 0 Å². The molecule has 2 N–H and O–H groups in total. The topological polar surface area (TPSA) is 48.8 Å². The SMILES string of the molecule is CC.CN.c1ccc(-n2ccc3cc4cc5c(cc4cc32)c2ccccc2n5-c2cncc3ccccc23)cc1. The smallest absolute Gasteiger partial charge is 0.0723 e. The van der Waals surface area contributed by atoms with Crippen molar-refractivity contribution in [2.45, 2.75) is 13.8 Å². The van der Waals surface area contributed by atoms with Gasteiger partial charge in [0.2, 0.25) is 0 Å². The molecule has 0 spiro atoms. The summed E-state index contributed by atoms with van der Waals surface area (Å²) in [6.45, 7) is 4.00. The first-order valence-electron chi connectivity index (χ1n) is 13.8. The summed E-state index contributed by atoms with van der Waals surface area (Å²) in [5.41, 5.74) is 10.4. The fraction of sp³-hybridized carbons (Fsp3) is 0.0833. The van der Waals surface area contributed by atoms with Crippen molar-refractivity contribution in [1.82, 2.24) is 14.1 Å². The molecule has 0 aliphatic rings. The average molecular weight is 521 g/mol. The molecule has 8 aromatic rings. The number of rotatable bonds is 2. The predicted octanol–water partition coefficient (Wildman–Crippen LogP) is 9.03. The molecule has 0 saturated carbocycles. The van der Waals surface area contributed by atoms with E-state index in [0.717, 1.165) is 11.1 Å². The number of pyridine rings is 1. The number of nitrogens with zero attached hydrogens (tertiary/aromatic N) is 3. The molecule has 0 saturated heterocycles. The second-order valence-electron chi connectivity index (χ2n) is 9.38. The lowest BCUT2D eigenvalue weighted by Crippen LogP contribution is -1.96. The molecule has 0 aliphatic carbocycles. The van der Waals surface area contributed by atoms with Gasteiger partial charge in [-0.05, 0) is 66.4 Å². The zero-order chi connectivity index (χ0) is 27.6. The van der Waals surface area contributed by atoms with Crippen LogP contribution in [0, 0.1) is 0 Å². The van der Waals surface area contributed by atoms with Crippen molar-refractivity contribution in [3.63, 3.8) is 0 Å². The summed E-state index contributed by atoms with van der Waals surface area (Å²) in [7, 11) is 1.50. The van der Waals surface area contributed by atoms with Crippen molar-refractivity contribution in [2.75, 3.05) is 7.05 Å². The number of fused-ring (bicyclic) bond motifs is 6. The van der Waals surface area contributed by atoms with E-state index in [1.807, 2.05) is 26.2 Å². The Labute approximate surface area is 233 Å². The van der Waals surface area contributed by atoms with Crippen LogP contribution in [0.15, 0.2) is 128 Å². The van der Waals surface area contributed by atoms with Crippen LogP contribution in [0.3, 0.4) is 0 Å². The van der Waals surface area contributed by atoms with E-state index >= 15 is 0 Å². The summed E-state index contributed by atoms with van der Waals surface area (Å²) in [5, 5.41) is 8.56. The van der Waals surface area contributed by atoms with Crippen LogP contribution in [0.2, 0.25) is 0 Å². The molecule has 8 rings (SSSR count). The second-order valence-corrected chi connectivity index (χ2v) is 9.38. The lowest BCUT2D eigenvalue weighted by atomic mass is 10.0. The number of hydrogen-bond acceptors (Lipinski definition) is 2.